The zero-order chi connectivity index (χ0) is 19.4. The van der Waals surface area contributed by atoms with Gasteiger partial charge in [0.05, 0.1) is 17.1 Å². The molecule has 2 atom stereocenters. The van der Waals surface area contributed by atoms with Crippen LogP contribution in [0.4, 0.5) is 5.69 Å². The predicted molar refractivity (Wildman–Crippen MR) is 106 cm³/mol. The van der Waals surface area contributed by atoms with Gasteiger partial charge in [-0.2, -0.15) is 10.1 Å². The Morgan fingerprint density at radius 3 is 2.72 bits per heavy atom. The minimum atomic E-state index is -0.211. The van der Waals surface area contributed by atoms with Crippen molar-refractivity contribution in [2.75, 3.05) is 18.0 Å². The van der Waals surface area contributed by atoms with Gasteiger partial charge in [0.15, 0.2) is 5.82 Å². The molecule has 1 saturated heterocycles. The maximum absolute atomic E-state index is 12.6. The van der Waals surface area contributed by atoms with E-state index in [4.69, 9.17) is 4.52 Å². The molecule has 8 heteroatoms. The van der Waals surface area contributed by atoms with Crippen LogP contribution in [-0.2, 0) is 6.54 Å². The summed E-state index contributed by atoms with van der Waals surface area (Å²) in [6, 6.07) is 14.0. The molecule has 8 nitrogen and oxygen atoms in total. The summed E-state index contributed by atoms with van der Waals surface area (Å²) in [5.41, 5.74) is 1.63. The zero-order valence-corrected chi connectivity index (χ0v) is 15.5. The van der Waals surface area contributed by atoms with Gasteiger partial charge in [-0.15, -0.1) is 0 Å². The van der Waals surface area contributed by atoms with Crippen LogP contribution in [0.1, 0.15) is 17.6 Å². The van der Waals surface area contributed by atoms with Crippen LogP contribution in [-0.4, -0.2) is 38.0 Å². The average Bonchev–Trinajstić information content (AvgIpc) is 3.11. The van der Waals surface area contributed by atoms with E-state index in [0.29, 0.717) is 34.5 Å². The minimum absolute atomic E-state index is 0.162. The van der Waals surface area contributed by atoms with E-state index in [2.05, 4.69) is 49.4 Å². The van der Waals surface area contributed by atoms with Gasteiger partial charge in [0.1, 0.15) is 6.54 Å². The lowest BCUT2D eigenvalue weighted by Gasteiger charge is -2.21. The normalized spacial score (nSPS) is 22.8. The van der Waals surface area contributed by atoms with Crippen molar-refractivity contribution < 1.29 is 4.52 Å². The first kappa shape index (κ1) is 16.4. The Morgan fingerprint density at radius 2 is 1.90 bits per heavy atom. The monoisotopic (exact) mass is 386 g/mol. The van der Waals surface area contributed by atoms with Crippen molar-refractivity contribution in [2.45, 2.75) is 12.5 Å². The van der Waals surface area contributed by atoms with E-state index in [-0.39, 0.29) is 12.1 Å². The first-order chi connectivity index (χ1) is 14.3. The van der Waals surface area contributed by atoms with Crippen molar-refractivity contribution in [2.24, 2.45) is 11.8 Å². The molecular weight excluding hydrogens is 368 g/mol. The second kappa shape index (κ2) is 6.23. The first-order valence-electron chi connectivity index (χ1n) is 9.71. The molecule has 1 saturated carbocycles. The van der Waals surface area contributed by atoms with Crippen LogP contribution >= 0.6 is 0 Å². The van der Waals surface area contributed by atoms with Crippen molar-refractivity contribution in [3.05, 3.63) is 76.9 Å². The maximum atomic E-state index is 12.6. The highest BCUT2D eigenvalue weighted by Crippen LogP contribution is 2.57. The van der Waals surface area contributed by atoms with Gasteiger partial charge in [-0.3, -0.25) is 9.78 Å². The molecule has 1 aliphatic heterocycles. The number of rotatable bonds is 4. The number of para-hydroxylation sites is 1. The third kappa shape index (κ3) is 2.71. The van der Waals surface area contributed by atoms with E-state index in [1.165, 1.54) is 10.4 Å². The van der Waals surface area contributed by atoms with Gasteiger partial charge in [-0.1, -0.05) is 23.4 Å². The number of anilines is 1. The van der Waals surface area contributed by atoms with Crippen molar-refractivity contribution in [3.8, 4) is 0 Å². The van der Waals surface area contributed by atoms with E-state index in [9.17, 15) is 4.79 Å². The second-order valence-electron chi connectivity index (χ2n) is 7.68. The number of nitrogens with zero attached hydrogens (tertiary/aromatic N) is 6. The number of aromatic nitrogens is 5. The molecule has 2 aliphatic rings. The number of hydrogen-bond acceptors (Lipinski definition) is 7. The fourth-order valence-corrected chi connectivity index (χ4v) is 4.48. The Morgan fingerprint density at radius 1 is 1.07 bits per heavy atom. The summed E-state index contributed by atoms with van der Waals surface area (Å²) >= 11 is 0. The summed E-state index contributed by atoms with van der Waals surface area (Å²) < 4.78 is 6.76. The molecule has 4 heterocycles. The zero-order valence-electron chi connectivity index (χ0n) is 15.5. The van der Waals surface area contributed by atoms with Crippen molar-refractivity contribution >= 4 is 16.6 Å². The van der Waals surface area contributed by atoms with Gasteiger partial charge in [-0.05, 0) is 36.1 Å². The van der Waals surface area contributed by atoms with Crippen LogP contribution in [0.2, 0.25) is 0 Å². The molecule has 144 valence electrons. The summed E-state index contributed by atoms with van der Waals surface area (Å²) in [5.74, 6) is 2.63. The van der Waals surface area contributed by atoms with Gasteiger partial charge in [0.25, 0.3) is 5.56 Å². The maximum Gasteiger partial charge on any atom is 0.276 e. The molecule has 1 aliphatic carbocycles. The summed E-state index contributed by atoms with van der Waals surface area (Å²) in [5, 5.41) is 8.89. The number of benzene rings is 1. The standard InChI is InChI=1S/C21H18N6O2/c28-21-14-7-4-8-22-17(14)9-23-27(21)12-18-24-20(25-29-18)19-15-10-26(11-16(15)19)13-5-2-1-3-6-13/h1-9,15-16,19H,10-12H2. The van der Waals surface area contributed by atoms with Crippen molar-refractivity contribution in [3.63, 3.8) is 0 Å². The van der Waals surface area contributed by atoms with Crippen LogP contribution < -0.4 is 10.5 Å². The van der Waals surface area contributed by atoms with Crippen molar-refractivity contribution in [1.29, 1.82) is 0 Å². The smallest absolute Gasteiger partial charge is 0.276 e. The molecule has 4 aromatic rings. The summed E-state index contributed by atoms with van der Waals surface area (Å²) in [6.45, 7) is 2.19. The molecule has 0 N–H and O–H groups in total. The fraction of sp³-hybridized carbons (Fsp3) is 0.286. The Hall–Kier alpha value is -3.55. The molecule has 0 radical (unpaired) electrons. The van der Waals surface area contributed by atoms with Gasteiger partial charge in [-0.25, -0.2) is 4.68 Å². The number of pyridine rings is 1. The summed E-state index contributed by atoms with van der Waals surface area (Å²) in [4.78, 5) is 23.7. The molecule has 2 fully saturated rings. The molecule has 29 heavy (non-hydrogen) atoms. The number of piperidine rings is 1. The molecule has 0 spiro atoms. The van der Waals surface area contributed by atoms with Crippen LogP contribution in [0, 0.1) is 11.8 Å². The highest BCUT2D eigenvalue weighted by atomic mass is 16.5. The predicted octanol–water partition coefficient (Wildman–Crippen LogP) is 2.07. The van der Waals surface area contributed by atoms with Gasteiger partial charge in [0, 0.05) is 30.9 Å². The first-order valence-corrected chi connectivity index (χ1v) is 9.71. The Labute approximate surface area is 165 Å². The SMILES string of the molecule is O=c1c2cccnc2cnn1Cc1nc(C2C3CN(c4ccccc4)CC32)no1. The third-order valence-corrected chi connectivity index (χ3v) is 6.01. The summed E-state index contributed by atoms with van der Waals surface area (Å²) in [7, 11) is 0. The molecule has 1 aromatic carbocycles. The largest absolute Gasteiger partial charge is 0.371 e. The lowest BCUT2D eigenvalue weighted by Crippen LogP contribution is -2.24. The Kier molecular flexibility index (Phi) is 3.53. The van der Waals surface area contributed by atoms with Crippen LogP contribution in [0.25, 0.3) is 10.9 Å². The lowest BCUT2D eigenvalue weighted by molar-refractivity contribution is 0.358. The Bertz CT molecular complexity index is 1240. The van der Waals surface area contributed by atoms with E-state index in [1.54, 1.807) is 24.5 Å². The number of hydrogen-bond donors (Lipinski definition) is 0. The van der Waals surface area contributed by atoms with Crippen LogP contribution in [0.5, 0.6) is 0 Å². The third-order valence-electron chi connectivity index (χ3n) is 6.01. The van der Waals surface area contributed by atoms with E-state index in [1.807, 2.05) is 6.07 Å². The van der Waals surface area contributed by atoms with E-state index >= 15 is 0 Å². The van der Waals surface area contributed by atoms with Gasteiger partial charge in [0.2, 0.25) is 5.89 Å². The van der Waals surface area contributed by atoms with Crippen LogP contribution in [0.15, 0.2) is 64.2 Å². The summed E-state index contributed by atoms with van der Waals surface area (Å²) in [6.07, 6.45) is 3.22. The molecular formula is C21H18N6O2. The van der Waals surface area contributed by atoms with Crippen molar-refractivity contribution in [1.82, 2.24) is 24.9 Å². The molecule has 0 bridgehead atoms. The molecule has 2 unspecified atom stereocenters. The van der Waals surface area contributed by atoms with E-state index < -0.39 is 0 Å². The molecule has 0 amide bonds. The number of fused-ring (bicyclic) bond motifs is 2. The highest BCUT2D eigenvalue weighted by molar-refractivity contribution is 5.75. The minimum Gasteiger partial charge on any atom is -0.371 e. The quantitative estimate of drug-likeness (QED) is 0.530. The average molecular weight is 386 g/mol. The topological polar surface area (TPSA) is 89.9 Å². The Balaban J connectivity index is 1.17. The highest BCUT2D eigenvalue weighted by Gasteiger charge is 2.58. The fourth-order valence-electron chi connectivity index (χ4n) is 4.48. The molecule has 3 aromatic heterocycles. The van der Waals surface area contributed by atoms with Gasteiger partial charge < -0.3 is 9.42 Å². The van der Waals surface area contributed by atoms with Gasteiger partial charge >= 0.3 is 0 Å². The second-order valence-corrected chi connectivity index (χ2v) is 7.68. The van der Waals surface area contributed by atoms with E-state index in [0.717, 1.165) is 18.9 Å². The molecule has 6 rings (SSSR count). The van der Waals surface area contributed by atoms with Crippen LogP contribution in [0.3, 0.4) is 0 Å². The lowest BCUT2D eigenvalue weighted by atomic mass is 10.2.